The first-order valence-electron chi connectivity index (χ1n) is 9.84. The van der Waals surface area contributed by atoms with Gasteiger partial charge >= 0.3 is 11.7 Å². The third-order valence-corrected chi connectivity index (χ3v) is 5.23. The Morgan fingerprint density at radius 3 is 2.83 bits per heavy atom. The molecule has 0 fully saturated rings. The molecule has 0 aliphatic carbocycles. The maximum absolute atomic E-state index is 11.4. The van der Waals surface area contributed by atoms with Crippen LogP contribution in [-0.2, 0) is 27.4 Å². The quantitative estimate of drug-likeness (QED) is 0.349. The third-order valence-electron chi connectivity index (χ3n) is 4.78. The molecule has 0 spiro atoms. The molecule has 0 radical (unpaired) electrons. The largest absolute Gasteiger partial charge is 0.461 e. The topological polar surface area (TPSA) is 91.4 Å². The lowest BCUT2D eigenvalue weighted by Gasteiger charge is -2.13. The van der Waals surface area contributed by atoms with Gasteiger partial charge in [0.2, 0.25) is 0 Å². The van der Waals surface area contributed by atoms with Crippen molar-refractivity contribution in [1.82, 2.24) is 9.72 Å². The van der Waals surface area contributed by atoms with Crippen LogP contribution in [0.1, 0.15) is 56.5 Å². The smallest absolute Gasteiger partial charge is 0.441 e. The lowest BCUT2D eigenvalue weighted by atomic mass is 10.1. The number of fused-ring (bicyclic) bond motifs is 1. The average Bonchev–Trinajstić information content (AvgIpc) is 2.97. The van der Waals surface area contributed by atoms with Crippen molar-refractivity contribution < 1.29 is 18.8 Å². The Balaban J connectivity index is 0.000000207. The maximum atomic E-state index is 11.4. The molecule has 8 heteroatoms. The molecule has 0 N–H and O–H groups in total. The molecule has 0 saturated carbocycles. The highest BCUT2D eigenvalue weighted by molar-refractivity contribution is 9.09. The van der Waals surface area contributed by atoms with Crippen LogP contribution >= 0.6 is 15.9 Å². The van der Waals surface area contributed by atoms with Crippen molar-refractivity contribution in [3.63, 3.8) is 0 Å². The zero-order valence-corrected chi connectivity index (χ0v) is 18.2. The van der Waals surface area contributed by atoms with Crippen molar-refractivity contribution >= 4 is 28.2 Å². The number of halogens is 1. The minimum absolute atomic E-state index is 0.216. The summed E-state index contributed by atoms with van der Waals surface area (Å²) in [5, 5.41) is 4.72. The van der Waals surface area contributed by atoms with Crippen molar-refractivity contribution in [3.8, 4) is 0 Å². The van der Waals surface area contributed by atoms with E-state index in [-0.39, 0.29) is 36.7 Å². The van der Waals surface area contributed by atoms with E-state index < -0.39 is 0 Å². The fourth-order valence-electron chi connectivity index (χ4n) is 3.11. The maximum Gasteiger partial charge on any atom is 0.441 e. The molecule has 7 nitrogen and oxygen atoms in total. The predicted octanol–water partition coefficient (Wildman–Crippen LogP) is 3.84. The molecule has 3 rings (SSSR count). The number of carbonyl (C=O) groups is 2. The normalized spacial score (nSPS) is 16.6. The standard InChI is InChI=1S/C12H14O3.C9H13BrN2O2/c1-10(7-8-13)12(14)15-9-11-5-3-2-4-6-11;10-6-5-7-3-1-2-4-8-11-14-9(13)12(7)8/h2-6,8,10H,7,9H2,1H3;7H,1-6H2/t10-;7-/m11/s1. The van der Waals surface area contributed by atoms with Gasteiger partial charge in [-0.2, -0.15) is 0 Å². The molecule has 158 valence electrons. The molecular formula is C21H27BrN2O5. The number of hydrogen-bond acceptors (Lipinski definition) is 6. The van der Waals surface area contributed by atoms with E-state index >= 15 is 0 Å². The first-order chi connectivity index (χ1) is 14.1. The predicted molar refractivity (Wildman–Crippen MR) is 112 cm³/mol. The second-order valence-electron chi connectivity index (χ2n) is 7.01. The van der Waals surface area contributed by atoms with Gasteiger partial charge in [-0.05, 0) is 24.8 Å². The first kappa shape index (κ1) is 23.1. The fourth-order valence-corrected chi connectivity index (χ4v) is 3.64. The Morgan fingerprint density at radius 1 is 1.38 bits per heavy atom. The van der Waals surface area contributed by atoms with Gasteiger partial charge in [-0.25, -0.2) is 4.79 Å². The van der Waals surface area contributed by atoms with Gasteiger partial charge in [-0.1, -0.05) is 64.8 Å². The van der Waals surface area contributed by atoms with Gasteiger partial charge in [0, 0.05) is 24.2 Å². The SMILES string of the molecule is C[C@H](CC=O)C(=O)OCc1ccccc1.O=c1onc2n1[C@@H](CCBr)CCCC2. The number of nitrogens with zero attached hydrogens (tertiary/aromatic N) is 2. The third kappa shape index (κ3) is 7.27. The monoisotopic (exact) mass is 466 g/mol. The van der Waals surface area contributed by atoms with Crippen LogP contribution in [0, 0.1) is 5.92 Å². The molecule has 2 atom stereocenters. The highest BCUT2D eigenvalue weighted by Crippen LogP contribution is 2.24. The number of ether oxygens (including phenoxy) is 1. The van der Waals surface area contributed by atoms with Crippen LogP contribution in [-0.4, -0.2) is 27.3 Å². The van der Waals surface area contributed by atoms with Crippen molar-refractivity contribution in [1.29, 1.82) is 0 Å². The number of aryl methyl sites for hydroxylation is 1. The minimum atomic E-state index is -0.355. The summed E-state index contributed by atoms with van der Waals surface area (Å²) < 4.78 is 11.5. The van der Waals surface area contributed by atoms with Gasteiger partial charge in [0.05, 0.1) is 5.92 Å². The van der Waals surface area contributed by atoms with E-state index in [9.17, 15) is 14.4 Å². The van der Waals surface area contributed by atoms with Gasteiger partial charge < -0.3 is 9.53 Å². The van der Waals surface area contributed by atoms with Gasteiger partial charge in [0.1, 0.15) is 12.9 Å². The van der Waals surface area contributed by atoms with Crippen LogP contribution < -0.4 is 5.76 Å². The molecule has 2 aromatic rings. The molecule has 2 heterocycles. The number of carbonyl (C=O) groups excluding carboxylic acids is 2. The molecule has 1 aromatic carbocycles. The highest BCUT2D eigenvalue weighted by Gasteiger charge is 2.22. The van der Waals surface area contributed by atoms with Crippen molar-refractivity contribution in [2.24, 2.45) is 5.92 Å². The van der Waals surface area contributed by atoms with Crippen molar-refractivity contribution in [3.05, 3.63) is 52.3 Å². The van der Waals surface area contributed by atoms with Gasteiger partial charge in [-0.3, -0.25) is 13.9 Å². The number of aldehydes is 1. The lowest BCUT2D eigenvalue weighted by molar-refractivity contribution is -0.150. The Labute approximate surface area is 178 Å². The van der Waals surface area contributed by atoms with E-state index in [0.29, 0.717) is 0 Å². The van der Waals surface area contributed by atoms with E-state index in [0.717, 1.165) is 48.7 Å². The zero-order chi connectivity index (χ0) is 21.1. The number of alkyl halides is 1. The van der Waals surface area contributed by atoms with E-state index in [4.69, 9.17) is 9.26 Å². The van der Waals surface area contributed by atoms with Crippen LogP contribution in [0.25, 0.3) is 0 Å². The summed E-state index contributed by atoms with van der Waals surface area (Å²) >= 11 is 3.41. The Hall–Kier alpha value is -2.22. The van der Waals surface area contributed by atoms with Crippen LogP contribution in [0.15, 0.2) is 39.6 Å². The molecule has 0 unspecified atom stereocenters. The Bertz CT molecular complexity index is 818. The number of aromatic nitrogens is 2. The highest BCUT2D eigenvalue weighted by atomic mass is 79.9. The Kier molecular flexibility index (Phi) is 9.83. The summed E-state index contributed by atoms with van der Waals surface area (Å²) in [5.74, 6) is -0.163. The molecular weight excluding hydrogens is 440 g/mol. The van der Waals surface area contributed by atoms with E-state index in [1.54, 1.807) is 11.5 Å². The summed E-state index contributed by atoms with van der Waals surface area (Å²) in [4.78, 5) is 32.9. The van der Waals surface area contributed by atoms with Crippen LogP contribution in [0.2, 0.25) is 0 Å². The summed E-state index contributed by atoms with van der Waals surface area (Å²) in [7, 11) is 0. The molecule has 1 aliphatic heterocycles. The minimum Gasteiger partial charge on any atom is -0.461 e. The lowest BCUT2D eigenvalue weighted by Crippen LogP contribution is -2.22. The molecule has 1 aliphatic rings. The van der Waals surface area contributed by atoms with Gasteiger partial charge in [0.15, 0.2) is 5.82 Å². The van der Waals surface area contributed by atoms with E-state index in [1.807, 2.05) is 30.3 Å². The molecule has 1 aromatic heterocycles. The van der Waals surface area contributed by atoms with E-state index in [2.05, 4.69) is 21.1 Å². The number of rotatable bonds is 7. The van der Waals surface area contributed by atoms with Crippen LogP contribution in [0.5, 0.6) is 0 Å². The van der Waals surface area contributed by atoms with Gasteiger partial charge in [-0.15, -0.1) is 0 Å². The van der Waals surface area contributed by atoms with E-state index in [1.165, 1.54) is 6.42 Å². The summed E-state index contributed by atoms with van der Waals surface area (Å²) in [6.45, 7) is 1.95. The molecule has 0 bridgehead atoms. The van der Waals surface area contributed by atoms with Crippen molar-refractivity contribution in [2.75, 3.05) is 5.33 Å². The summed E-state index contributed by atoms with van der Waals surface area (Å²) in [6.07, 6.45) is 6.10. The van der Waals surface area contributed by atoms with Crippen LogP contribution in [0.4, 0.5) is 0 Å². The molecule has 29 heavy (non-hydrogen) atoms. The second-order valence-corrected chi connectivity index (χ2v) is 7.80. The number of esters is 1. The molecule has 0 saturated heterocycles. The van der Waals surface area contributed by atoms with Crippen molar-refractivity contribution in [2.45, 2.75) is 58.1 Å². The average molecular weight is 467 g/mol. The summed E-state index contributed by atoms with van der Waals surface area (Å²) in [5.41, 5.74) is 0.948. The van der Waals surface area contributed by atoms with Gasteiger partial charge in [0.25, 0.3) is 0 Å². The van der Waals surface area contributed by atoms with Crippen LogP contribution in [0.3, 0.4) is 0 Å². The Morgan fingerprint density at radius 2 is 2.14 bits per heavy atom. The number of benzene rings is 1. The zero-order valence-electron chi connectivity index (χ0n) is 16.6. The second kappa shape index (κ2) is 12.4. The molecule has 0 amide bonds. The fraction of sp³-hybridized carbons (Fsp3) is 0.524. The number of hydrogen-bond donors (Lipinski definition) is 0. The first-order valence-corrected chi connectivity index (χ1v) is 11.0. The summed E-state index contributed by atoms with van der Waals surface area (Å²) in [6, 6.07) is 9.72.